The number of carbonyl (C=O) groups is 1. The molecule has 1 aliphatic heterocycles. The van der Waals surface area contributed by atoms with Gasteiger partial charge in [0.1, 0.15) is 11.4 Å². The Bertz CT molecular complexity index is 640. The van der Waals surface area contributed by atoms with Crippen molar-refractivity contribution in [2.75, 3.05) is 18.9 Å². The number of likely N-dealkylation sites (tertiary alicyclic amines) is 1. The van der Waals surface area contributed by atoms with Gasteiger partial charge in [0.15, 0.2) is 5.82 Å². The second-order valence-corrected chi connectivity index (χ2v) is 4.97. The number of amides is 1. The van der Waals surface area contributed by atoms with E-state index in [2.05, 4.69) is 11.4 Å². The van der Waals surface area contributed by atoms with Crippen molar-refractivity contribution >= 4 is 11.6 Å². The zero-order chi connectivity index (χ0) is 17.6. The molecule has 0 saturated carbocycles. The first-order valence-electron chi connectivity index (χ1n) is 7.29. The quantitative estimate of drug-likeness (QED) is 0.814. The zero-order valence-electron chi connectivity index (χ0n) is 13.3. The number of hydrogen-bond donors (Lipinski definition) is 2. The van der Waals surface area contributed by atoms with E-state index in [0.717, 1.165) is 12.1 Å². The van der Waals surface area contributed by atoms with Gasteiger partial charge in [0.05, 0.1) is 29.7 Å². The monoisotopic (exact) mass is 318 g/mol. The number of carbonyl (C=O) groups excluding carboxylic acids is 1. The second kappa shape index (κ2) is 8.11. The maximum Gasteiger partial charge on any atom is 0.229 e. The van der Waals surface area contributed by atoms with E-state index in [4.69, 9.17) is 10.5 Å². The standard InChI is InChI=1S/C14H13FN4O2.C2H6/c1-19-7-9(4-10(19)6-17)14(21)18-13-11(15)2-8(5-16)3-12(13)20;1-2/h2-3,9-10,20H,4,7H2,1H3,(H,18,21);1-2H3. The Kier molecular flexibility index (Phi) is 6.49. The topological polar surface area (TPSA) is 100 Å². The van der Waals surface area contributed by atoms with E-state index in [9.17, 15) is 14.3 Å². The summed E-state index contributed by atoms with van der Waals surface area (Å²) in [5.74, 6) is -2.28. The molecule has 0 bridgehead atoms. The van der Waals surface area contributed by atoms with Crippen molar-refractivity contribution in [1.29, 1.82) is 10.5 Å². The first kappa shape index (κ1) is 18.4. The average molecular weight is 318 g/mol. The predicted octanol–water partition coefficient (Wildman–Crippen LogP) is 2.21. The van der Waals surface area contributed by atoms with Crippen LogP contribution in [0.4, 0.5) is 10.1 Å². The fourth-order valence-corrected chi connectivity index (χ4v) is 2.35. The van der Waals surface area contributed by atoms with E-state index in [1.165, 1.54) is 0 Å². The molecule has 0 aliphatic carbocycles. The van der Waals surface area contributed by atoms with Crippen molar-refractivity contribution in [1.82, 2.24) is 4.90 Å². The van der Waals surface area contributed by atoms with E-state index in [0.29, 0.717) is 13.0 Å². The van der Waals surface area contributed by atoms with E-state index < -0.39 is 23.4 Å². The number of rotatable bonds is 2. The Labute approximate surface area is 134 Å². The molecular weight excluding hydrogens is 299 g/mol. The maximum atomic E-state index is 13.8. The number of nitrogens with one attached hydrogen (secondary N) is 1. The normalized spacial score (nSPS) is 19.9. The van der Waals surface area contributed by atoms with Crippen LogP contribution in [0.1, 0.15) is 25.8 Å². The molecular formula is C16H19FN4O2. The van der Waals surface area contributed by atoms with Crippen molar-refractivity contribution in [3.8, 4) is 17.9 Å². The van der Waals surface area contributed by atoms with Crippen LogP contribution < -0.4 is 5.32 Å². The molecule has 1 heterocycles. The number of nitriles is 2. The summed E-state index contributed by atoms with van der Waals surface area (Å²) >= 11 is 0. The number of anilines is 1. The average Bonchev–Trinajstić information content (AvgIpc) is 2.93. The Morgan fingerprint density at radius 3 is 2.57 bits per heavy atom. The highest BCUT2D eigenvalue weighted by molar-refractivity contribution is 5.94. The highest BCUT2D eigenvalue weighted by atomic mass is 19.1. The molecule has 2 unspecified atom stereocenters. The molecule has 122 valence electrons. The number of aromatic hydroxyl groups is 1. The van der Waals surface area contributed by atoms with Gasteiger partial charge in [-0.2, -0.15) is 10.5 Å². The maximum absolute atomic E-state index is 13.8. The molecule has 2 rings (SSSR count). The minimum Gasteiger partial charge on any atom is -0.506 e. The fourth-order valence-electron chi connectivity index (χ4n) is 2.35. The van der Waals surface area contributed by atoms with Crippen LogP contribution in [0.25, 0.3) is 0 Å². The summed E-state index contributed by atoms with van der Waals surface area (Å²) in [5, 5.41) is 29.6. The number of phenols is 1. The van der Waals surface area contributed by atoms with Gasteiger partial charge in [0, 0.05) is 12.6 Å². The summed E-state index contributed by atoms with van der Waals surface area (Å²) in [6, 6.07) is 5.47. The summed E-state index contributed by atoms with van der Waals surface area (Å²) in [5.41, 5.74) is -0.379. The molecule has 6 nitrogen and oxygen atoms in total. The minimum atomic E-state index is -0.872. The number of halogens is 1. The number of nitrogens with zero attached hydrogens (tertiary/aromatic N) is 3. The smallest absolute Gasteiger partial charge is 0.229 e. The van der Waals surface area contributed by atoms with Crippen LogP contribution in [0.2, 0.25) is 0 Å². The van der Waals surface area contributed by atoms with Crippen LogP contribution in [-0.2, 0) is 4.79 Å². The first-order chi connectivity index (χ1) is 11.0. The number of phenolic OH excluding ortho intramolecular Hbond substituents is 1. The lowest BCUT2D eigenvalue weighted by atomic mass is 10.0. The molecule has 0 radical (unpaired) electrons. The third-order valence-electron chi connectivity index (χ3n) is 3.51. The summed E-state index contributed by atoms with van der Waals surface area (Å²) in [6.07, 6.45) is 0.359. The van der Waals surface area contributed by atoms with E-state index in [1.54, 1.807) is 18.0 Å². The van der Waals surface area contributed by atoms with Gasteiger partial charge in [-0.25, -0.2) is 4.39 Å². The Hall–Kier alpha value is -2.64. The van der Waals surface area contributed by atoms with Crippen molar-refractivity contribution in [3.05, 3.63) is 23.5 Å². The number of benzene rings is 1. The van der Waals surface area contributed by atoms with Gasteiger partial charge >= 0.3 is 0 Å². The van der Waals surface area contributed by atoms with Gasteiger partial charge in [0.25, 0.3) is 0 Å². The van der Waals surface area contributed by atoms with Gasteiger partial charge in [-0.15, -0.1) is 0 Å². The van der Waals surface area contributed by atoms with E-state index in [1.807, 2.05) is 13.8 Å². The molecule has 23 heavy (non-hydrogen) atoms. The molecule has 1 aliphatic rings. The molecule has 1 aromatic rings. The van der Waals surface area contributed by atoms with Crippen molar-refractivity contribution in [2.45, 2.75) is 26.3 Å². The Morgan fingerprint density at radius 1 is 1.43 bits per heavy atom. The van der Waals surface area contributed by atoms with Gasteiger partial charge in [-0.3, -0.25) is 9.69 Å². The molecule has 1 fully saturated rings. The van der Waals surface area contributed by atoms with Crippen molar-refractivity contribution < 1.29 is 14.3 Å². The lowest BCUT2D eigenvalue weighted by Crippen LogP contribution is -2.26. The zero-order valence-corrected chi connectivity index (χ0v) is 13.3. The highest BCUT2D eigenvalue weighted by Crippen LogP contribution is 2.30. The van der Waals surface area contributed by atoms with Crippen LogP contribution >= 0.6 is 0 Å². The van der Waals surface area contributed by atoms with Crippen LogP contribution in [0, 0.1) is 34.4 Å². The summed E-state index contributed by atoms with van der Waals surface area (Å²) in [6.45, 7) is 4.39. The third-order valence-corrected chi connectivity index (χ3v) is 3.51. The highest BCUT2D eigenvalue weighted by Gasteiger charge is 2.34. The molecule has 0 spiro atoms. The molecule has 2 N–H and O–H groups in total. The SMILES string of the molecule is CC.CN1CC(C(=O)Nc2c(O)cc(C#N)cc2F)CC1C#N. The number of hydrogen-bond acceptors (Lipinski definition) is 5. The minimum absolute atomic E-state index is 0.0341. The summed E-state index contributed by atoms with van der Waals surface area (Å²) < 4.78 is 13.8. The summed E-state index contributed by atoms with van der Waals surface area (Å²) in [7, 11) is 1.74. The molecule has 1 saturated heterocycles. The predicted molar refractivity (Wildman–Crippen MR) is 82.9 cm³/mol. The van der Waals surface area contributed by atoms with Gasteiger partial charge in [-0.05, 0) is 19.5 Å². The molecule has 2 atom stereocenters. The fraction of sp³-hybridized carbons (Fsp3) is 0.438. The Morgan fingerprint density at radius 2 is 2.09 bits per heavy atom. The van der Waals surface area contributed by atoms with Crippen molar-refractivity contribution in [3.63, 3.8) is 0 Å². The lowest BCUT2D eigenvalue weighted by Gasteiger charge is -2.13. The van der Waals surface area contributed by atoms with E-state index in [-0.39, 0.29) is 17.3 Å². The van der Waals surface area contributed by atoms with Gasteiger partial charge in [-0.1, -0.05) is 13.8 Å². The molecule has 0 aromatic heterocycles. The van der Waals surface area contributed by atoms with Crippen molar-refractivity contribution in [2.24, 2.45) is 5.92 Å². The van der Waals surface area contributed by atoms with E-state index >= 15 is 0 Å². The molecule has 1 aromatic carbocycles. The largest absolute Gasteiger partial charge is 0.506 e. The first-order valence-corrected chi connectivity index (χ1v) is 7.29. The van der Waals surface area contributed by atoms with Crippen LogP contribution in [0.3, 0.4) is 0 Å². The van der Waals surface area contributed by atoms with Gasteiger partial charge < -0.3 is 10.4 Å². The van der Waals surface area contributed by atoms with Gasteiger partial charge in [0.2, 0.25) is 5.91 Å². The Balaban J connectivity index is 0.00000127. The molecule has 1 amide bonds. The second-order valence-electron chi connectivity index (χ2n) is 4.97. The lowest BCUT2D eigenvalue weighted by molar-refractivity contribution is -0.119. The summed E-state index contributed by atoms with van der Waals surface area (Å²) in [4.78, 5) is 13.8. The molecule has 7 heteroatoms. The van der Waals surface area contributed by atoms with Crippen LogP contribution in [0.5, 0.6) is 5.75 Å². The van der Waals surface area contributed by atoms with Crippen LogP contribution in [-0.4, -0.2) is 35.5 Å². The third kappa shape index (κ3) is 4.18. The van der Waals surface area contributed by atoms with Crippen LogP contribution in [0.15, 0.2) is 12.1 Å².